The minimum Gasteiger partial charge on any atom is -0.460 e. The predicted molar refractivity (Wildman–Crippen MR) is 310 cm³/mol. The van der Waals surface area contributed by atoms with Crippen LogP contribution in [0.4, 0.5) is 8.78 Å². The Balaban J connectivity index is 0.702. The summed E-state index contributed by atoms with van der Waals surface area (Å²) < 4.78 is 92.7. The van der Waals surface area contributed by atoms with Crippen molar-refractivity contribution in [2.45, 2.75) is 180 Å². The fourth-order valence-corrected chi connectivity index (χ4v) is 19.5. The number of nitrogens with one attached hydrogen (secondary N) is 2. The average Bonchev–Trinajstić information content (AvgIpc) is 1.46. The molecule has 29 heteroatoms. The summed E-state index contributed by atoms with van der Waals surface area (Å²) in [6, 6.07) is 4.93. The molecular weight excluding hydrogens is 1250 g/mol. The summed E-state index contributed by atoms with van der Waals surface area (Å²) in [5, 5.41) is 53.3. The van der Waals surface area contributed by atoms with E-state index in [1.54, 1.807) is 20.0 Å². The number of aryl methyl sites for hydroxylation is 1. The number of aromatic nitrogens is 3. The molecule has 95 heavy (non-hydrogen) atoms. The maximum absolute atomic E-state index is 15.8. The van der Waals surface area contributed by atoms with E-state index in [1.165, 1.54) is 56.7 Å². The standard InChI is InChI=1S/C66H71F2N5O22/c1-24-46-49(63(9)64(10,85)60(84)95-66(63)55(24)93-66)52(81)47-45-48(54(88-27(4)76)57(62(46,47)8)90-29(6)78)61(7)36(19-43-53(92-43)56(61)89-28(5)77)50(51(45)80)70-44(79)12-11-15-73-23-31(71-72-73)22-69-58(82)30-13-14-33-32(16-30)59(83)94-65(33)34-17-37(67)41(86-25(2)74)20-39(34)91-40-21-42(87-26(3)75)38(68)18-35(40)65/h13-14,16-18,20-21,23-24,34,36,41,43,45-57,80-81,85H,11-12,15,19,22H2,1-10H3,(H,69,82)(H,70,79)/t24-,34?,36+,41?,43-,45-,46-,47+,48+,49-,50-,51+,52+,53-,54-,55+,56-,57-,61-,62+,63-,64+,65?,66-/m0/s1. The molecule has 11 aliphatic rings. The largest absolute Gasteiger partial charge is 0.460 e. The molecule has 3 saturated heterocycles. The van der Waals surface area contributed by atoms with E-state index in [4.69, 9.17) is 47.4 Å². The lowest BCUT2D eigenvalue weighted by atomic mass is 9.40. The Kier molecular flexibility index (Phi) is 14.6. The number of aliphatic hydroxyl groups excluding tert-OH is 2. The molecule has 2 aromatic carbocycles. The third-order valence-electron chi connectivity index (χ3n) is 23.1. The van der Waals surface area contributed by atoms with Gasteiger partial charge < -0.3 is 73.3 Å². The van der Waals surface area contributed by atoms with Crippen molar-refractivity contribution in [3.63, 3.8) is 0 Å². The summed E-state index contributed by atoms with van der Waals surface area (Å²) in [5.74, 6) is -18.9. The van der Waals surface area contributed by atoms with Gasteiger partial charge in [-0.2, -0.15) is 0 Å². The van der Waals surface area contributed by atoms with Gasteiger partial charge in [-0.1, -0.05) is 32.1 Å². The second-order valence-corrected chi connectivity index (χ2v) is 28.1. The number of carbonyl (C=O) groups is 9. The monoisotopic (exact) mass is 1320 g/mol. The van der Waals surface area contributed by atoms with Gasteiger partial charge in [-0.15, -0.1) is 5.10 Å². The number of fused-ring (bicyclic) bond motifs is 15. The molecular formula is C66H71F2N5O22. The van der Waals surface area contributed by atoms with Gasteiger partial charge in [0.15, 0.2) is 28.9 Å². The van der Waals surface area contributed by atoms with E-state index in [1.807, 2.05) is 13.8 Å². The zero-order chi connectivity index (χ0) is 68.0. The molecule has 5 aliphatic heterocycles. The first-order valence-electron chi connectivity index (χ1n) is 31.7. The van der Waals surface area contributed by atoms with Crippen molar-refractivity contribution in [2.24, 2.45) is 63.6 Å². The Morgan fingerprint density at radius 1 is 0.800 bits per heavy atom. The van der Waals surface area contributed by atoms with Crippen LogP contribution in [0.1, 0.15) is 126 Å². The summed E-state index contributed by atoms with van der Waals surface area (Å²) in [6.07, 6.45) is -6.24. The van der Waals surface area contributed by atoms with E-state index in [9.17, 15) is 58.5 Å². The molecule has 2 spiro atoms. The van der Waals surface area contributed by atoms with Crippen LogP contribution in [0.5, 0.6) is 11.5 Å². The Morgan fingerprint density at radius 3 is 2.20 bits per heavy atom. The van der Waals surface area contributed by atoms with Crippen molar-refractivity contribution in [1.29, 1.82) is 0 Å². The number of nitrogens with zero attached hydrogens (tertiary/aromatic N) is 3. The molecule has 5 N–H and O–H groups in total. The zero-order valence-electron chi connectivity index (χ0n) is 53.2. The van der Waals surface area contributed by atoms with Crippen LogP contribution in [-0.2, 0) is 90.1 Å². The Labute approximate surface area is 540 Å². The van der Waals surface area contributed by atoms with Gasteiger partial charge in [0.2, 0.25) is 11.7 Å². The molecule has 1 aromatic heterocycles. The third-order valence-corrected chi connectivity index (χ3v) is 23.1. The van der Waals surface area contributed by atoms with Crippen molar-refractivity contribution >= 4 is 53.6 Å². The lowest BCUT2D eigenvalue weighted by molar-refractivity contribution is -0.286. The highest BCUT2D eigenvalue weighted by Gasteiger charge is 2.93. The summed E-state index contributed by atoms with van der Waals surface area (Å²) in [5.41, 5.74) is -8.46. The van der Waals surface area contributed by atoms with Crippen LogP contribution >= 0.6 is 0 Å². The minimum absolute atomic E-state index is 0.0147. The van der Waals surface area contributed by atoms with E-state index in [-0.39, 0.29) is 66.1 Å². The first-order chi connectivity index (χ1) is 44.7. The molecule has 8 fully saturated rings. The van der Waals surface area contributed by atoms with Crippen LogP contribution in [0.15, 0.2) is 60.3 Å². The lowest BCUT2D eigenvalue weighted by Crippen LogP contribution is -2.77. The zero-order valence-corrected chi connectivity index (χ0v) is 53.2. The van der Waals surface area contributed by atoms with Crippen LogP contribution in [0, 0.1) is 69.4 Å². The van der Waals surface area contributed by atoms with Gasteiger partial charge in [-0.25, -0.2) is 18.4 Å². The van der Waals surface area contributed by atoms with Crippen molar-refractivity contribution < 1.29 is 115 Å². The van der Waals surface area contributed by atoms with Gasteiger partial charge in [0.25, 0.3) is 5.91 Å². The quantitative estimate of drug-likeness (QED) is 0.0710. The van der Waals surface area contributed by atoms with E-state index < -0.39 is 213 Å². The number of amides is 2. The lowest BCUT2D eigenvalue weighted by Gasteiger charge is -2.67. The van der Waals surface area contributed by atoms with E-state index in [0.29, 0.717) is 5.69 Å². The normalized spacial score (nSPS) is 41.2. The topological polar surface area (TPSA) is 368 Å². The van der Waals surface area contributed by atoms with Gasteiger partial charge in [-0.3, -0.25) is 38.2 Å². The van der Waals surface area contributed by atoms with Crippen molar-refractivity contribution in [3.8, 4) is 11.5 Å². The van der Waals surface area contributed by atoms with Crippen LogP contribution in [0.2, 0.25) is 0 Å². The van der Waals surface area contributed by atoms with Gasteiger partial charge in [0.1, 0.15) is 53.5 Å². The number of halogens is 2. The molecule has 24 atom stereocenters. The third kappa shape index (κ3) is 9.05. The summed E-state index contributed by atoms with van der Waals surface area (Å²) >= 11 is 0. The summed E-state index contributed by atoms with van der Waals surface area (Å²) in [6.45, 7) is 14.2. The number of epoxide rings is 2. The number of rotatable bonds is 13. The number of esters is 7. The minimum atomic E-state index is -2.22. The molecule has 0 radical (unpaired) electrons. The summed E-state index contributed by atoms with van der Waals surface area (Å²) in [7, 11) is 0. The van der Waals surface area contributed by atoms with E-state index in [0.717, 1.165) is 32.1 Å². The Morgan fingerprint density at radius 2 is 1.51 bits per heavy atom. The molecule has 3 aromatic rings. The number of ether oxygens (including phenoxy) is 10. The molecule has 0 bridgehead atoms. The number of carbonyl (C=O) groups excluding carboxylic acids is 9. The van der Waals surface area contributed by atoms with E-state index >= 15 is 8.78 Å². The van der Waals surface area contributed by atoms with Crippen molar-refractivity contribution in [2.75, 3.05) is 0 Å². The molecule has 6 heterocycles. The maximum Gasteiger partial charge on any atom is 0.341 e. The van der Waals surface area contributed by atoms with Gasteiger partial charge >= 0.3 is 41.8 Å². The number of hydrogen-bond donors (Lipinski definition) is 5. The first-order valence-corrected chi connectivity index (χ1v) is 31.7. The average molecular weight is 1320 g/mol. The fourth-order valence-electron chi connectivity index (χ4n) is 19.5. The molecule has 27 nitrogen and oxygen atoms in total. The molecule has 3 unspecified atom stereocenters. The highest BCUT2D eigenvalue weighted by Crippen LogP contribution is 2.81. The van der Waals surface area contributed by atoms with Gasteiger partial charge in [0, 0.05) is 105 Å². The molecule has 506 valence electrons. The Hall–Kier alpha value is -8.25. The van der Waals surface area contributed by atoms with Crippen LogP contribution in [-0.4, -0.2) is 156 Å². The smallest absolute Gasteiger partial charge is 0.341 e. The second-order valence-electron chi connectivity index (χ2n) is 28.1. The molecule has 5 saturated carbocycles. The summed E-state index contributed by atoms with van der Waals surface area (Å²) in [4.78, 5) is 120. The van der Waals surface area contributed by atoms with Crippen LogP contribution in [0.3, 0.4) is 0 Å². The Bertz CT molecular complexity index is 3970. The van der Waals surface area contributed by atoms with Crippen molar-refractivity contribution in [3.05, 3.63) is 94.0 Å². The van der Waals surface area contributed by atoms with Gasteiger partial charge in [-0.05, 0) is 74.6 Å². The maximum atomic E-state index is 15.8. The fraction of sp³-hybridized carbons (Fsp3) is 0.591. The molecule has 14 rings (SSSR count). The first kappa shape index (κ1) is 64.1. The number of benzene rings is 2. The van der Waals surface area contributed by atoms with Crippen LogP contribution < -0.4 is 20.1 Å². The molecule has 2 amide bonds. The van der Waals surface area contributed by atoms with Gasteiger partial charge in [0.05, 0.1) is 54.0 Å². The number of hydrogen-bond acceptors (Lipinski definition) is 24. The predicted octanol–water partition coefficient (Wildman–Crippen LogP) is 3.14. The van der Waals surface area contributed by atoms with Crippen LogP contribution in [0.25, 0.3) is 0 Å². The van der Waals surface area contributed by atoms with Crippen molar-refractivity contribution in [1.82, 2.24) is 25.6 Å². The second kappa shape index (κ2) is 21.6. The highest BCUT2D eigenvalue weighted by atomic mass is 19.1. The number of aliphatic hydroxyl groups is 3. The van der Waals surface area contributed by atoms with E-state index in [2.05, 4.69) is 20.9 Å². The molecule has 6 aliphatic carbocycles. The highest BCUT2D eigenvalue weighted by molar-refractivity contribution is 6.01. The SMILES string of the molecule is CC(=O)Oc1cc2c(cc1F)C1(OC(=O)c3cc(C(=O)NCc4cn(CCCC(=O)N[C@@H]5[C@H](O)[C@H]6[C@@H]7[C@@H](O)[C@@H]8[C@H]([C@H](C)[C@H]9O[C@]9%10OC(=O)[C@@](C)(O)[C@]8%10C)[C@@]7(C)[C@@H](OC(C)=O)[C@@H](OC(C)=O)[C@@H]6[C@]6(C)[C@@H]5C[C@@H]5O[C@@H]5[C@@H]6OC(C)=O)nn4)ccc31)C1C=C(F)C(OC(C)=O)C=C1O2.